The molecule has 1 aliphatic rings. The number of likely N-dealkylation sites (N-methyl/N-ethyl adjacent to an activating group) is 1. The van der Waals surface area contributed by atoms with E-state index in [1.807, 2.05) is 0 Å². The van der Waals surface area contributed by atoms with Crippen molar-refractivity contribution in [2.45, 2.75) is 24.9 Å². The van der Waals surface area contributed by atoms with Gasteiger partial charge in [-0.2, -0.15) is 0 Å². The Bertz CT molecular complexity index is 1180. The molecule has 2 aromatic carbocycles. The molecule has 0 saturated carbocycles. The van der Waals surface area contributed by atoms with Crippen LogP contribution in [0.2, 0.25) is 0 Å². The van der Waals surface area contributed by atoms with Crippen LogP contribution in [0.1, 0.15) is 18.0 Å². The first-order chi connectivity index (χ1) is 16.4. The van der Waals surface area contributed by atoms with Gasteiger partial charge in [0, 0.05) is 19.3 Å². The minimum atomic E-state index is -4.87. The average molecular weight is 491 g/mol. The molecule has 2 aromatic rings. The van der Waals surface area contributed by atoms with Crippen molar-refractivity contribution >= 4 is 23.7 Å². The number of benzene rings is 2. The number of rotatable bonds is 7. The fraction of sp³-hybridized carbons (Fsp3) is 0.217. The number of nitrogens with zero attached hydrogens (tertiary/aromatic N) is 1. The van der Waals surface area contributed by atoms with Crippen LogP contribution in [0, 0.1) is 0 Å². The smallest absolute Gasteiger partial charge is 0.481 e. The summed E-state index contributed by atoms with van der Waals surface area (Å²) >= 11 is 0. The zero-order chi connectivity index (χ0) is 25.8. The van der Waals surface area contributed by atoms with Crippen molar-refractivity contribution in [2.75, 3.05) is 7.05 Å². The molecule has 0 fully saturated rings. The molecule has 12 heteroatoms. The molecule has 3 N–H and O–H groups in total. The van der Waals surface area contributed by atoms with Crippen LogP contribution < -0.4 is 15.4 Å². The van der Waals surface area contributed by atoms with E-state index in [2.05, 4.69) is 15.4 Å². The normalized spacial score (nSPS) is 16.6. The molecule has 3 rings (SSSR count). The highest BCUT2D eigenvalue weighted by Crippen LogP contribution is 2.30. The Morgan fingerprint density at radius 3 is 2.43 bits per heavy atom. The van der Waals surface area contributed by atoms with Crippen LogP contribution in [-0.4, -0.2) is 53.1 Å². The van der Waals surface area contributed by atoms with E-state index in [1.54, 1.807) is 18.2 Å². The first kappa shape index (κ1) is 25.3. The molecule has 0 radical (unpaired) electrons. The monoisotopic (exact) mass is 491 g/mol. The summed E-state index contributed by atoms with van der Waals surface area (Å²) in [7, 11) is 1.41. The van der Waals surface area contributed by atoms with Crippen LogP contribution in [0.3, 0.4) is 0 Å². The molecule has 3 amide bonds. The molecule has 1 heterocycles. The molecule has 0 aromatic heterocycles. The van der Waals surface area contributed by atoms with Crippen molar-refractivity contribution < 1.29 is 42.2 Å². The minimum absolute atomic E-state index is 0.334. The van der Waals surface area contributed by atoms with Crippen molar-refractivity contribution in [1.82, 2.24) is 15.5 Å². The van der Waals surface area contributed by atoms with Gasteiger partial charge < -0.3 is 25.4 Å². The van der Waals surface area contributed by atoms with Crippen LogP contribution in [0.4, 0.5) is 18.0 Å². The third-order valence-electron chi connectivity index (χ3n) is 4.99. The van der Waals surface area contributed by atoms with Crippen LogP contribution in [0.25, 0.3) is 11.1 Å². The van der Waals surface area contributed by atoms with E-state index in [0.29, 0.717) is 16.7 Å². The maximum absolute atomic E-state index is 12.6. The first-order valence-electron chi connectivity index (χ1n) is 10.2. The summed E-state index contributed by atoms with van der Waals surface area (Å²) in [5, 5.41) is 14.0. The summed E-state index contributed by atoms with van der Waals surface area (Å²) < 4.78 is 41.6. The summed E-state index contributed by atoms with van der Waals surface area (Å²) in [4.78, 5) is 49.2. The number of urea groups is 1. The summed E-state index contributed by atoms with van der Waals surface area (Å²) in [6, 6.07) is 7.91. The molecule has 184 valence electrons. The van der Waals surface area contributed by atoms with Crippen molar-refractivity contribution in [3.8, 4) is 16.9 Å². The quantitative estimate of drug-likeness (QED) is 0.512. The fourth-order valence-electron chi connectivity index (χ4n) is 3.38. The molecule has 0 saturated heterocycles. The highest BCUT2D eigenvalue weighted by Gasteiger charge is 2.33. The summed E-state index contributed by atoms with van der Waals surface area (Å²) in [6.45, 7) is 0. The Kier molecular flexibility index (Phi) is 7.43. The third-order valence-corrected chi connectivity index (χ3v) is 4.99. The third kappa shape index (κ3) is 6.82. The van der Waals surface area contributed by atoms with Crippen molar-refractivity contribution in [2.24, 2.45) is 0 Å². The lowest BCUT2D eigenvalue weighted by Crippen LogP contribution is -2.55. The number of carboxylic acids is 1. The Morgan fingerprint density at radius 1 is 1.11 bits per heavy atom. The fourth-order valence-corrected chi connectivity index (χ4v) is 3.38. The van der Waals surface area contributed by atoms with Gasteiger partial charge >= 0.3 is 18.4 Å². The molecule has 0 aliphatic carbocycles. The van der Waals surface area contributed by atoms with Gasteiger partial charge in [-0.15, -0.1) is 13.2 Å². The van der Waals surface area contributed by atoms with Crippen LogP contribution in [0.5, 0.6) is 5.75 Å². The molecule has 1 aliphatic heterocycles. The second-order valence-corrected chi connectivity index (χ2v) is 7.57. The predicted molar refractivity (Wildman–Crippen MR) is 116 cm³/mol. The summed E-state index contributed by atoms with van der Waals surface area (Å²) in [5.41, 5.74) is 1.14. The van der Waals surface area contributed by atoms with Gasteiger partial charge in [0.1, 0.15) is 5.75 Å². The molecule has 2 atom stereocenters. The van der Waals surface area contributed by atoms with Gasteiger partial charge in [-0.25, -0.2) is 4.79 Å². The molecular formula is C23H20F3N3O6. The Balaban J connectivity index is 1.82. The Morgan fingerprint density at radius 2 is 1.77 bits per heavy atom. The molecule has 9 nitrogen and oxygen atoms in total. The van der Waals surface area contributed by atoms with E-state index < -0.39 is 54.3 Å². The number of amides is 3. The maximum atomic E-state index is 12.6. The van der Waals surface area contributed by atoms with Crippen LogP contribution in [0.15, 0.2) is 60.8 Å². The van der Waals surface area contributed by atoms with Crippen molar-refractivity contribution in [3.05, 3.63) is 66.4 Å². The number of carbonyl (C=O) groups excluding carboxylic acids is 3. The SMILES string of the molecule is CN1C=CC(=O)C(NC(=O)NC(CC(=O)O)c2cccc(-c3cccc(OC(F)(F)F)c3)c2)C1=O. The number of carbonyl (C=O) groups is 4. The van der Waals surface area contributed by atoms with Gasteiger partial charge in [0.2, 0.25) is 0 Å². The van der Waals surface area contributed by atoms with Gasteiger partial charge in [0.15, 0.2) is 11.8 Å². The highest BCUT2D eigenvalue weighted by atomic mass is 19.4. The van der Waals surface area contributed by atoms with Gasteiger partial charge in [-0.05, 0) is 34.9 Å². The average Bonchev–Trinajstić information content (AvgIpc) is 2.78. The molecule has 0 bridgehead atoms. The first-order valence-corrected chi connectivity index (χ1v) is 10.2. The van der Waals surface area contributed by atoms with Gasteiger partial charge in [0.25, 0.3) is 5.91 Å². The van der Waals surface area contributed by atoms with Crippen LogP contribution >= 0.6 is 0 Å². The van der Waals surface area contributed by atoms with E-state index in [-0.39, 0.29) is 0 Å². The Labute approximate surface area is 197 Å². The molecular weight excluding hydrogens is 471 g/mol. The molecule has 2 unspecified atom stereocenters. The van der Waals surface area contributed by atoms with Crippen molar-refractivity contribution in [1.29, 1.82) is 0 Å². The number of halogens is 3. The summed E-state index contributed by atoms with van der Waals surface area (Å²) in [6.07, 6.45) is -3.02. The number of ketones is 1. The lowest BCUT2D eigenvalue weighted by Gasteiger charge is -2.25. The second kappa shape index (κ2) is 10.3. The zero-order valence-corrected chi connectivity index (χ0v) is 18.2. The van der Waals surface area contributed by atoms with E-state index >= 15 is 0 Å². The van der Waals surface area contributed by atoms with E-state index in [4.69, 9.17) is 0 Å². The van der Waals surface area contributed by atoms with Gasteiger partial charge in [-0.3, -0.25) is 14.4 Å². The summed E-state index contributed by atoms with van der Waals surface area (Å²) in [5.74, 6) is -2.97. The van der Waals surface area contributed by atoms with E-state index in [1.165, 1.54) is 37.5 Å². The zero-order valence-electron chi connectivity index (χ0n) is 18.2. The standard InChI is InChI=1S/C23H20F3N3O6/c1-29-9-8-18(30)20(21(29)33)28-22(34)27-17(12-19(31)32)15-6-2-4-13(10-15)14-5-3-7-16(11-14)35-23(24,25)26/h2-11,17,20H,12H2,1H3,(H,31,32)(H2,27,28,34). The number of hydrogen-bond acceptors (Lipinski definition) is 5. The number of carboxylic acid groups (broad SMARTS) is 1. The minimum Gasteiger partial charge on any atom is -0.481 e. The predicted octanol–water partition coefficient (Wildman–Crippen LogP) is 2.99. The maximum Gasteiger partial charge on any atom is 0.573 e. The second-order valence-electron chi connectivity index (χ2n) is 7.57. The largest absolute Gasteiger partial charge is 0.573 e. The lowest BCUT2D eigenvalue weighted by molar-refractivity contribution is -0.274. The number of hydrogen-bond donors (Lipinski definition) is 3. The van der Waals surface area contributed by atoms with Crippen LogP contribution in [-0.2, 0) is 14.4 Å². The number of ether oxygens (including phenoxy) is 1. The number of nitrogens with one attached hydrogen (secondary N) is 2. The topological polar surface area (TPSA) is 125 Å². The lowest BCUT2D eigenvalue weighted by atomic mass is 9.97. The Hall–Kier alpha value is -4.35. The van der Waals surface area contributed by atoms with Gasteiger partial charge in [-0.1, -0.05) is 30.3 Å². The highest BCUT2D eigenvalue weighted by molar-refractivity contribution is 6.14. The molecule has 35 heavy (non-hydrogen) atoms. The van der Waals surface area contributed by atoms with E-state index in [0.717, 1.165) is 17.0 Å². The van der Waals surface area contributed by atoms with Crippen molar-refractivity contribution in [3.63, 3.8) is 0 Å². The number of alkyl halides is 3. The van der Waals surface area contributed by atoms with E-state index in [9.17, 15) is 37.5 Å². The molecule has 0 spiro atoms. The van der Waals surface area contributed by atoms with Gasteiger partial charge in [0.05, 0.1) is 12.5 Å². The number of aliphatic carboxylic acids is 1.